The van der Waals surface area contributed by atoms with Gasteiger partial charge in [-0.05, 0) is 6.42 Å². The maximum atomic E-state index is 12.5. The zero-order valence-corrected chi connectivity index (χ0v) is 5.56. The Morgan fingerprint density at radius 3 is 2.60 bits per heavy atom. The van der Waals surface area contributed by atoms with Crippen LogP contribution in [0.4, 0.5) is 8.78 Å². The molecule has 0 spiro atoms. The lowest BCUT2D eigenvalue weighted by Crippen LogP contribution is -2.49. The molecule has 1 aliphatic rings. The quantitative estimate of drug-likeness (QED) is 0.543. The highest BCUT2D eigenvalue weighted by molar-refractivity contribution is 4.85. The van der Waals surface area contributed by atoms with E-state index in [4.69, 9.17) is 5.11 Å². The van der Waals surface area contributed by atoms with Gasteiger partial charge in [0.1, 0.15) is 6.10 Å². The number of alkyl halides is 2. The largest absolute Gasteiger partial charge is 0.387 e. The van der Waals surface area contributed by atoms with Gasteiger partial charge in [-0.2, -0.15) is 0 Å². The van der Waals surface area contributed by atoms with Gasteiger partial charge < -0.3 is 5.11 Å². The average molecular weight is 150 g/mol. The highest BCUT2D eigenvalue weighted by Gasteiger charge is 2.42. The molecule has 1 aliphatic heterocycles. The molecule has 0 aliphatic carbocycles. The van der Waals surface area contributed by atoms with E-state index in [0.717, 1.165) is 0 Å². The van der Waals surface area contributed by atoms with Crippen molar-refractivity contribution >= 4 is 0 Å². The van der Waals surface area contributed by atoms with E-state index in [-0.39, 0.29) is 6.42 Å². The molecular formula is C6H10F2NO. The standard InChI is InChI=1S/C6H10F2NO/c1-9-3-2-5(10)6(7,8)4-9/h5,10H,1-4H2. The topological polar surface area (TPSA) is 23.5 Å². The molecule has 0 saturated carbocycles. The second-order valence-corrected chi connectivity index (χ2v) is 2.62. The summed E-state index contributed by atoms with van der Waals surface area (Å²) < 4.78 is 25.0. The molecule has 1 radical (unpaired) electrons. The average Bonchev–Trinajstić information content (AvgIpc) is 1.78. The third-order valence-corrected chi connectivity index (χ3v) is 1.64. The molecule has 1 saturated heterocycles. The monoisotopic (exact) mass is 150 g/mol. The summed E-state index contributed by atoms with van der Waals surface area (Å²) in [5.41, 5.74) is 0. The minimum absolute atomic E-state index is 0.108. The number of aliphatic hydroxyl groups is 1. The minimum Gasteiger partial charge on any atom is -0.387 e. The molecule has 0 bridgehead atoms. The van der Waals surface area contributed by atoms with Crippen LogP contribution in [0.2, 0.25) is 0 Å². The summed E-state index contributed by atoms with van der Waals surface area (Å²) in [5, 5.41) is 8.75. The van der Waals surface area contributed by atoms with Crippen LogP contribution in [0.1, 0.15) is 6.42 Å². The Hall–Kier alpha value is -0.220. The van der Waals surface area contributed by atoms with Crippen molar-refractivity contribution in [3.05, 3.63) is 7.05 Å². The maximum absolute atomic E-state index is 12.5. The fourth-order valence-electron chi connectivity index (χ4n) is 0.999. The summed E-state index contributed by atoms with van der Waals surface area (Å²) in [6.07, 6.45) is -1.37. The summed E-state index contributed by atoms with van der Waals surface area (Å²) in [4.78, 5) is 1.27. The predicted molar refractivity (Wildman–Crippen MR) is 32.5 cm³/mol. The van der Waals surface area contributed by atoms with Crippen molar-refractivity contribution < 1.29 is 13.9 Å². The fraction of sp³-hybridized carbons (Fsp3) is 0.833. The van der Waals surface area contributed by atoms with Gasteiger partial charge >= 0.3 is 0 Å². The first kappa shape index (κ1) is 7.88. The number of piperidine rings is 1. The first-order valence-electron chi connectivity index (χ1n) is 3.14. The fourth-order valence-corrected chi connectivity index (χ4v) is 0.999. The van der Waals surface area contributed by atoms with Crippen molar-refractivity contribution in [2.75, 3.05) is 13.1 Å². The van der Waals surface area contributed by atoms with Gasteiger partial charge in [-0.15, -0.1) is 0 Å². The Kier molecular flexibility index (Phi) is 1.92. The Balaban J connectivity index is 2.55. The number of hydrogen-bond acceptors (Lipinski definition) is 2. The van der Waals surface area contributed by atoms with Gasteiger partial charge in [0, 0.05) is 13.6 Å². The number of rotatable bonds is 0. The van der Waals surface area contributed by atoms with Gasteiger partial charge in [-0.3, -0.25) is 4.90 Å². The second-order valence-electron chi connectivity index (χ2n) is 2.62. The van der Waals surface area contributed by atoms with Gasteiger partial charge in [0.25, 0.3) is 5.92 Å². The Bertz CT molecular complexity index is 129. The molecule has 59 valence electrons. The minimum atomic E-state index is -2.97. The lowest BCUT2D eigenvalue weighted by Gasteiger charge is -2.33. The van der Waals surface area contributed by atoms with Gasteiger partial charge in [0.15, 0.2) is 0 Å². The molecule has 0 aromatic heterocycles. The third-order valence-electron chi connectivity index (χ3n) is 1.64. The lowest BCUT2D eigenvalue weighted by molar-refractivity contribution is -0.142. The lowest BCUT2D eigenvalue weighted by atomic mass is 10.1. The molecule has 0 amide bonds. The van der Waals surface area contributed by atoms with Gasteiger partial charge in [-0.25, -0.2) is 8.78 Å². The van der Waals surface area contributed by atoms with E-state index < -0.39 is 18.6 Å². The molecule has 2 nitrogen and oxygen atoms in total. The Morgan fingerprint density at radius 1 is 1.60 bits per heavy atom. The molecule has 1 N–H and O–H groups in total. The molecule has 10 heavy (non-hydrogen) atoms. The van der Waals surface area contributed by atoms with Crippen molar-refractivity contribution in [2.45, 2.75) is 18.4 Å². The molecule has 1 heterocycles. The molecule has 0 aromatic rings. The van der Waals surface area contributed by atoms with Crippen molar-refractivity contribution in [1.82, 2.24) is 4.90 Å². The van der Waals surface area contributed by atoms with Gasteiger partial charge in [0.2, 0.25) is 0 Å². The molecule has 1 unspecified atom stereocenters. The van der Waals surface area contributed by atoms with E-state index in [0.29, 0.717) is 6.54 Å². The highest BCUT2D eigenvalue weighted by Crippen LogP contribution is 2.26. The Morgan fingerprint density at radius 2 is 2.20 bits per heavy atom. The van der Waals surface area contributed by atoms with Crippen molar-refractivity contribution in [2.24, 2.45) is 0 Å². The van der Waals surface area contributed by atoms with E-state index in [1.165, 1.54) is 4.90 Å². The number of hydrogen-bond donors (Lipinski definition) is 1. The van der Waals surface area contributed by atoms with Crippen molar-refractivity contribution in [1.29, 1.82) is 0 Å². The second kappa shape index (κ2) is 2.43. The van der Waals surface area contributed by atoms with E-state index >= 15 is 0 Å². The number of halogens is 2. The molecule has 0 aromatic carbocycles. The van der Waals surface area contributed by atoms with E-state index in [1.807, 2.05) is 0 Å². The van der Waals surface area contributed by atoms with E-state index in [1.54, 1.807) is 0 Å². The predicted octanol–water partition coefficient (Wildman–Crippen LogP) is 0.480. The molecule has 1 fully saturated rings. The van der Waals surface area contributed by atoms with E-state index in [2.05, 4.69) is 7.05 Å². The molecule has 1 atom stereocenters. The van der Waals surface area contributed by atoms with E-state index in [9.17, 15) is 8.78 Å². The van der Waals surface area contributed by atoms with Crippen LogP contribution in [-0.4, -0.2) is 35.1 Å². The maximum Gasteiger partial charge on any atom is 0.285 e. The van der Waals surface area contributed by atoms with Crippen LogP contribution in [0.15, 0.2) is 0 Å². The summed E-state index contributed by atoms with van der Waals surface area (Å²) in [6, 6.07) is 0. The van der Waals surface area contributed by atoms with Crippen LogP contribution in [0.3, 0.4) is 0 Å². The summed E-state index contributed by atoms with van der Waals surface area (Å²) in [6.45, 7) is 0.00488. The zero-order valence-electron chi connectivity index (χ0n) is 5.56. The smallest absolute Gasteiger partial charge is 0.285 e. The SMILES string of the molecule is [CH2]N1CCC(O)C(F)(F)C1. The number of aliphatic hydroxyl groups excluding tert-OH is 1. The highest BCUT2D eigenvalue weighted by atomic mass is 19.3. The van der Waals surface area contributed by atoms with Crippen molar-refractivity contribution in [3.63, 3.8) is 0 Å². The first-order valence-corrected chi connectivity index (χ1v) is 3.14. The zero-order chi connectivity index (χ0) is 7.78. The Labute approximate surface area is 58.4 Å². The summed E-state index contributed by atoms with van der Waals surface area (Å²) in [7, 11) is 3.37. The molecular weight excluding hydrogens is 140 g/mol. The van der Waals surface area contributed by atoms with Crippen LogP contribution < -0.4 is 0 Å². The normalized spacial score (nSPS) is 34.2. The van der Waals surface area contributed by atoms with Crippen LogP contribution in [0.25, 0.3) is 0 Å². The first-order chi connectivity index (χ1) is 4.52. The summed E-state index contributed by atoms with van der Waals surface area (Å²) >= 11 is 0. The summed E-state index contributed by atoms with van der Waals surface area (Å²) in [5.74, 6) is -2.97. The van der Waals surface area contributed by atoms with Crippen LogP contribution in [0.5, 0.6) is 0 Å². The molecule has 4 heteroatoms. The number of nitrogens with zero attached hydrogens (tertiary/aromatic N) is 1. The van der Waals surface area contributed by atoms with Gasteiger partial charge in [0.05, 0.1) is 6.54 Å². The van der Waals surface area contributed by atoms with Crippen LogP contribution >= 0.6 is 0 Å². The number of likely N-dealkylation sites (tertiary alicyclic amines) is 1. The molecule has 1 rings (SSSR count). The van der Waals surface area contributed by atoms with Crippen LogP contribution in [0, 0.1) is 7.05 Å². The van der Waals surface area contributed by atoms with Crippen molar-refractivity contribution in [3.8, 4) is 0 Å². The van der Waals surface area contributed by atoms with Crippen LogP contribution in [-0.2, 0) is 0 Å². The van der Waals surface area contributed by atoms with Gasteiger partial charge in [-0.1, -0.05) is 0 Å². The third kappa shape index (κ3) is 1.44.